The smallest absolute Gasteiger partial charge is 0.271 e. The highest BCUT2D eigenvalue weighted by molar-refractivity contribution is 7.13. The van der Waals surface area contributed by atoms with Gasteiger partial charge in [-0.05, 0) is 12.0 Å². The monoisotopic (exact) mass is 342 g/mol. The Labute approximate surface area is 143 Å². The van der Waals surface area contributed by atoms with Gasteiger partial charge in [0.1, 0.15) is 5.69 Å². The predicted molar refractivity (Wildman–Crippen MR) is 91.4 cm³/mol. The molecule has 0 radical (unpaired) electrons. The molecule has 0 aromatic carbocycles. The molecule has 124 valence electrons. The summed E-state index contributed by atoms with van der Waals surface area (Å²) in [6, 6.07) is 1.74. The zero-order chi connectivity index (χ0) is 16.9. The molecule has 7 nitrogen and oxygen atoms in total. The van der Waals surface area contributed by atoms with E-state index in [1.165, 1.54) is 11.3 Å². The molecule has 0 aliphatic rings. The van der Waals surface area contributed by atoms with Crippen molar-refractivity contribution in [3.63, 3.8) is 0 Å². The fraction of sp³-hybridized carbons (Fsp3) is 0.312. The highest BCUT2D eigenvalue weighted by atomic mass is 32.1. The van der Waals surface area contributed by atoms with Gasteiger partial charge in [0.05, 0.1) is 18.6 Å². The van der Waals surface area contributed by atoms with Crippen LogP contribution in [0.2, 0.25) is 0 Å². The highest BCUT2D eigenvalue weighted by Crippen LogP contribution is 2.19. The Bertz CT molecular complexity index is 811. The lowest BCUT2D eigenvalue weighted by molar-refractivity contribution is 0.0946. The summed E-state index contributed by atoms with van der Waals surface area (Å²) in [5.74, 6) is 0.822. The fourth-order valence-corrected chi connectivity index (χ4v) is 2.95. The third kappa shape index (κ3) is 3.83. The topological polar surface area (TPSA) is 85.6 Å². The van der Waals surface area contributed by atoms with E-state index < -0.39 is 0 Å². The molecule has 3 aromatic rings. The number of hydrogen-bond donors (Lipinski definition) is 1. The maximum atomic E-state index is 12.3. The van der Waals surface area contributed by atoms with Crippen LogP contribution in [0.1, 0.15) is 30.0 Å². The zero-order valence-corrected chi connectivity index (χ0v) is 14.3. The average molecular weight is 342 g/mol. The lowest BCUT2D eigenvalue weighted by Crippen LogP contribution is -2.24. The SMILES string of the molecule is CC(C)Cn1cncc1CNC(=O)c1csc(-c2ncccn2)n1. The third-order valence-corrected chi connectivity index (χ3v) is 4.12. The molecule has 0 saturated carbocycles. The van der Waals surface area contributed by atoms with E-state index in [0.29, 0.717) is 29.0 Å². The second-order valence-corrected chi connectivity index (χ2v) is 6.58. The number of hydrogen-bond acceptors (Lipinski definition) is 6. The van der Waals surface area contributed by atoms with Gasteiger partial charge in [-0.15, -0.1) is 11.3 Å². The molecule has 8 heteroatoms. The first-order valence-electron chi connectivity index (χ1n) is 7.63. The molecular formula is C16H18N6OS. The molecule has 0 fully saturated rings. The normalized spacial score (nSPS) is 11.0. The van der Waals surface area contributed by atoms with E-state index in [2.05, 4.69) is 43.7 Å². The highest BCUT2D eigenvalue weighted by Gasteiger charge is 2.14. The summed E-state index contributed by atoms with van der Waals surface area (Å²) in [4.78, 5) is 29.0. The number of rotatable bonds is 6. The Morgan fingerprint density at radius 3 is 2.88 bits per heavy atom. The number of nitrogens with zero attached hydrogens (tertiary/aromatic N) is 5. The van der Waals surface area contributed by atoms with Crippen LogP contribution in [0, 0.1) is 5.92 Å². The van der Waals surface area contributed by atoms with Crippen molar-refractivity contribution in [2.24, 2.45) is 5.92 Å². The fourth-order valence-electron chi connectivity index (χ4n) is 2.20. The van der Waals surface area contributed by atoms with E-state index in [4.69, 9.17) is 0 Å². The molecule has 3 heterocycles. The van der Waals surface area contributed by atoms with Crippen LogP contribution >= 0.6 is 11.3 Å². The van der Waals surface area contributed by atoms with Crippen molar-refractivity contribution in [2.75, 3.05) is 0 Å². The summed E-state index contributed by atoms with van der Waals surface area (Å²) < 4.78 is 2.05. The molecular weight excluding hydrogens is 324 g/mol. The summed E-state index contributed by atoms with van der Waals surface area (Å²) in [6.07, 6.45) is 6.86. The van der Waals surface area contributed by atoms with E-state index in [1.807, 2.05) is 0 Å². The van der Waals surface area contributed by atoms with Gasteiger partial charge in [0.2, 0.25) is 0 Å². The first-order valence-corrected chi connectivity index (χ1v) is 8.51. The van der Waals surface area contributed by atoms with E-state index in [9.17, 15) is 4.79 Å². The van der Waals surface area contributed by atoms with Crippen molar-refractivity contribution in [3.05, 3.63) is 47.8 Å². The molecule has 1 N–H and O–H groups in total. The van der Waals surface area contributed by atoms with Gasteiger partial charge in [-0.3, -0.25) is 4.79 Å². The minimum atomic E-state index is -0.217. The summed E-state index contributed by atoms with van der Waals surface area (Å²) in [6.45, 7) is 5.58. The Hall–Kier alpha value is -2.61. The molecule has 24 heavy (non-hydrogen) atoms. The lowest BCUT2D eigenvalue weighted by Gasteiger charge is -2.10. The molecule has 3 rings (SSSR count). The molecule has 0 aliphatic heterocycles. The number of aromatic nitrogens is 5. The minimum absolute atomic E-state index is 0.217. The first-order chi connectivity index (χ1) is 11.6. The number of nitrogens with one attached hydrogen (secondary N) is 1. The van der Waals surface area contributed by atoms with Crippen LogP contribution in [0.4, 0.5) is 0 Å². The van der Waals surface area contributed by atoms with Crippen molar-refractivity contribution in [2.45, 2.75) is 26.9 Å². The second kappa shape index (κ2) is 7.31. The third-order valence-electron chi connectivity index (χ3n) is 3.28. The number of carbonyl (C=O) groups is 1. The Morgan fingerprint density at radius 1 is 1.33 bits per heavy atom. The van der Waals surface area contributed by atoms with Crippen LogP contribution in [0.15, 0.2) is 36.4 Å². The van der Waals surface area contributed by atoms with E-state index in [0.717, 1.165) is 12.2 Å². The Morgan fingerprint density at radius 2 is 2.12 bits per heavy atom. The quantitative estimate of drug-likeness (QED) is 0.743. The van der Waals surface area contributed by atoms with E-state index in [1.54, 1.807) is 36.4 Å². The Kier molecular flexibility index (Phi) is 4.95. The zero-order valence-electron chi connectivity index (χ0n) is 13.5. The first kappa shape index (κ1) is 16.3. The molecule has 0 atom stereocenters. The van der Waals surface area contributed by atoms with Gasteiger partial charge in [0, 0.05) is 30.5 Å². The second-order valence-electron chi connectivity index (χ2n) is 5.72. The largest absolute Gasteiger partial charge is 0.345 e. The van der Waals surface area contributed by atoms with E-state index >= 15 is 0 Å². The molecule has 0 unspecified atom stereocenters. The van der Waals surface area contributed by atoms with E-state index in [-0.39, 0.29) is 5.91 Å². The van der Waals surface area contributed by atoms with Crippen molar-refractivity contribution < 1.29 is 4.79 Å². The van der Waals surface area contributed by atoms with Crippen molar-refractivity contribution >= 4 is 17.2 Å². The van der Waals surface area contributed by atoms with Crippen LogP contribution in [-0.2, 0) is 13.1 Å². The molecule has 1 amide bonds. The molecule has 0 spiro atoms. The van der Waals surface area contributed by atoms with Crippen molar-refractivity contribution in [1.29, 1.82) is 0 Å². The van der Waals surface area contributed by atoms with Crippen LogP contribution in [0.5, 0.6) is 0 Å². The van der Waals surface area contributed by atoms with Crippen LogP contribution in [-0.4, -0.2) is 30.4 Å². The maximum absolute atomic E-state index is 12.3. The van der Waals surface area contributed by atoms with Gasteiger partial charge in [0.25, 0.3) is 5.91 Å². The van der Waals surface area contributed by atoms with Crippen LogP contribution < -0.4 is 5.32 Å². The Balaban J connectivity index is 1.64. The standard InChI is InChI=1S/C16H18N6OS/c1-11(2)8-22-10-17-6-12(22)7-20-15(23)13-9-24-16(21-13)14-18-4-3-5-19-14/h3-6,9-11H,7-8H2,1-2H3,(H,20,23). The summed E-state index contributed by atoms with van der Waals surface area (Å²) in [5.41, 5.74) is 1.34. The van der Waals surface area contributed by atoms with Crippen molar-refractivity contribution in [1.82, 2.24) is 29.8 Å². The number of carbonyl (C=O) groups excluding carboxylic acids is 1. The number of amides is 1. The molecule has 0 saturated heterocycles. The molecule has 0 aliphatic carbocycles. The van der Waals surface area contributed by atoms with Crippen molar-refractivity contribution in [3.8, 4) is 10.8 Å². The maximum Gasteiger partial charge on any atom is 0.271 e. The summed E-state index contributed by atoms with van der Waals surface area (Å²) >= 11 is 1.35. The number of imidazole rings is 1. The van der Waals surface area contributed by atoms with Gasteiger partial charge in [0.15, 0.2) is 10.8 Å². The minimum Gasteiger partial charge on any atom is -0.345 e. The van der Waals surface area contributed by atoms with Crippen LogP contribution in [0.3, 0.4) is 0 Å². The van der Waals surface area contributed by atoms with Gasteiger partial charge >= 0.3 is 0 Å². The van der Waals surface area contributed by atoms with Gasteiger partial charge in [-0.2, -0.15) is 0 Å². The summed E-state index contributed by atoms with van der Waals surface area (Å²) in [5, 5.41) is 5.23. The predicted octanol–water partition coefficient (Wildman–Crippen LogP) is 2.38. The van der Waals surface area contributed by atoms with Gasteiger partial charge < -0.3 is 9.88 Å². The average Bonchev–Trinajstić information content (AvgIpc) is 3.22. The van der Waals surface area contributed by atoms with Gasteiger partial charge in [-0.1, -0.05) is 13.8 Å². The molecule has 0 bridgehead atoms. The van der Waals surface area contributed by atoms with Crippen LogP contribution in [0.25, 0.3) is 10.8 Å². The van der Waals surface area contributed by atoms with Gasteiger partial charge in [-0.25, -0.2) is 19.9 Å². The summed E-state index contributed by atoms with van der Waals surface area (Å²) in [7, 11) is 0. The number of thiazole rings is 1. The lowest BCUT2D eigenvalue weighted by atomic mass is 10.2. The molecule has 3 aromatic heterocycles.